The van der Waals surface area contributed by atoms with Crippen LogP contribution in [0.4, 0.5) is 10.8 Å². The highest BCUT2D eigenvalue weighted by molar-refractivity contribution is 7.22. The Morgan fingerprint density at radius 2 is 1.58 bits per heavy atom. The summed E-state index contributed by atoms with van der Waals surface area (Å²) in [4.78, 5) is 9.50. The second kappa shape index (κ2) is 5.98. The average molecular weight is 339 g/mol. The van der Waals surface area contributed by atoms with Gasteiger partial charge in [-0.2, -0.15) is 0 Å². The van der Waals surface area contributed by atoms with Gasteiger partial charge in [0.05, 0.1) is 15.9 Å². The zero-order chi connectivity index (χ0) is 16.7. The van der Waals surface area contributed by atoms with Crippen LogP contribution >= 0.6 is 11.3 Å². The van der Waals surface area contributed by atoms with Gasteiger partial charge in [0.25, 0.3) is 0 Å². The molecule has 0 saturated carbocycles. The Bertz CT molecular complexity index is 842. The van der Waals surface area contributed by atoms with Gasteiger partial charge < -0.3 is 14.9 Å². The Morgan fingerprint density at radius 3 is 2.29 bits per heavy atom. The van der Waals surface area contributed by atoms with Crippen LogP contribution in [0.15, 0.2) is 36.4 Å². The average Bonchev–Trinajstić information content (AvgIpc) is 3.06. The molecular formula is C19H21N3OS. The molecule has 0 spiro atoms. The van der Waals surface area contributed by atoms with E-state index in [9.17, 15) is 5.11 Å². The Hall–Kier alpha value is -2.27. The van der Waals surface area contributed by atoms with E-state index < -0.39 is 0 Å². The Kier molecular flexibility index (Phi) is 3.81. The fraction of sp³-hybridized carbons (Fsp3) is 0.316. The predicted molar refractivity (Wildman–Crippen MR) is 102 cm³/mol. The maximum Gasteiger partial charge on any atom is 0.186 e. The second-order valence-corrected chi connectivity index (χ2v) is 7.31. The fourth-order valence-electron chi connectivity index (χ4n) is 3.25. The van der Waals surface area contributed by atoms with E-state index in [0.717, 1.165) is 42.5 Å². The third-order valence-electron chi connectivity index (χ3n) is 4.70. The topological polar surface area (TPSA) is 39.6 Å². The third kappa shape index (κ3) is 2.59. The SMILES string of the molecule is Cc1ccc(C)c2sc(N3CCN(c4ccccc4O)CC3)nc12. The number of thiazole rings is 1. The molecule has 4 nitrogen and oxygen atoms in total. The number of rotatable bonds is 2. The molecule has 2 heterocycles. The number of aryl methyl sites for hydroxylation is 2. The number of hydrogen-bond donors (Lipinski definition) is 1. The van der Waals surface area contributed by atoms with E-state index in [1.807, 2.05) is 18.2 Å². The van der Waals surface area contributed by atoms with Crippen LogP contribution in [-0.4, -0.2) is 36.3 Å². The minimum Gasteiger partial charge on any atom is -0.506 e. The summed E-state index contributed by atoms with van der Waals surface area (Å²) in [5.74, 6) is 0.359. The van der Waals surface area contributed by atoms with Crippen LogP contribution < -0.4 is 9.80 Å². The van der Waals surface area contributed by atoms with E-state index >= 15 is 0 Å². The van der Waals surface area contributed by atoms with Gasteiger partial charge in [0.2, 0.25) is 0 Å². The van der Waals surface area contributed by atoms with E-state index in [1.54, 1.807) is 17.4 Å². The summed E-state index contributed by atoms with van der Waals surface area (Å²) < 4.78 is 1.30. The lowest BCUT2D eigenvalue weighted by Gasteiger charge is -2.36. The van der Waals surface area contributed by atoms with E-state index in [1.165, 1.54) is 15.8 Å². The predicted octanol–water partition coefficient (Wildman–Crippen LogP) is 3.95. The van der Waals surface area contributed by atoms with Crippen molar-refractivity contribution in [3.63, 3.8) is 0 Å². The smallest absolute Gasteiger partial charge is 0.186 e. The molecule has 1 aromatic heterocycles. The minimum atomic E-state index is 0.359. The standard InChI is InChI=1S/C19H21N3OS/c1-13-7-8-14(2)18-17(13)20-19(24-18)22-11-9-21(10-12-22)15-5-3-4-6-16(15)23/h3-8,23H,9-12H2,1-2H3. The van der Waals surface area contributed by atoms with E-state index in [4.69, 9.17) is 4.98 Å². The quantitative estimate of drug-likeness (QED) is 0.767. The summed E-state index contributed by atoms with van der Waals surface area (Å²) in [7, 11) is 0. The molecule has 4 rings (SSSR count). The number of para-hydroxylation sites is 2. The molecular weight excluding hydrogens is 318 g/mol. The van der Waals surface area contributed by atoms with Crippen LogP contribution in [0.25, 0.3) is 10.2 Å². The molecule has 24 heavy (non-hydrogen) atoms. The van der Waals surface area contributed by atoms with Crippen molar-refractivity contribution >= 4 is 32.4 Å². The zero-order valence-electron chi connectivity index (χ0n) is 14.0. The maximum absolute atomic E-state index is 10.0. The first-order valence-electron chi connectivity index (χ1n) is 8.28. The molecule has 1 aliphatic rings. The second-order valence-electron chi connectivity index (χ2n) is 6.34. The first kappa shape index (κ1) is 15.3. The molecule has 1 N–H and O–H groups in total. The van der Waals surface area contributed by atoms with Crippen molar-refractivity contribution in [2.45, 2.75) is 13.8 Å². The van der Waals surface area contributed by atoms with E-state index in [2.05, 4.69) is 35.8 Å². The maximum atomic E-state index is 10.0. The molecule has 0 radical (unpaired) electrons. The monoisotopic (exact) mass is 339 g/mol. The van der Waals surface area contributed by atoms with Crippen molar-refractivity contribution < 1.29 is 5.11 Å². The van der Waals surface area contributed by atoms with E-state index in [-0.39, 0.29) is 0 Å². The number of benzene rings is 2. The molecule has 0 bridgehead atoms. The number of hydrogen-bond acceptors (Lipinski definition) is 5. The van der Waals surface area contributed by atoms with Gasteiger partial charge in [-0.1, -0.05) is 35.6 Å². The fourth-order valence-corrected chi connectivity index (χ4v) is 4.42. The number of piperazine rings is 1. The number of aromatic hydroxyl groups is 1. The van der Waals surface area contributed by atoms with Gasteiger partial charge in [0, 0.05) is 26.2 Å². The summed E-state index contributed by atoms with van der Waals surface area (Å²) in [5.41, 5.74) is 4.60. The molecule has 2 aromatic carbocycles. The van der Waals surface area contributed by atoms with Crippen LogP contribution in [0.3, 0.4) is 0 Å². The van der Waals surface area contributed by atoms with Crippen LogP contribution in [-0.2, 0) is 0 Å². The minimum absolute atomic E-state index is 0.359. The molecule has 0 unspecified atom stereocenters. The number of nitrogens with zero attached hydrogens (tertiary/aromatic N) is 3. The summed E-state index contributed by atoms with van der Waals surface area (Å²) in [6.45, 7) is 7.91. The lowest BCUT2D eigenvalue weighted by molar-refractivity contribution is 0.472. The Morgan fingerprint density at radius 1 is 0.917 bits per heavy atom. The van der Waals surface area contributed by atoms with Gasteiger partial charge >= 0.3 is 0 Å². The van der Waals surface area contributed by atoms with Crippen molar-refractivity contribution in [3.05, 3.63) is 47.5 Å². The number of phenols is 1. The lowest BCUT2D eigenvalue weighted by atomic mass is 10.1. The van der Waals surface area contributed by atoms with Gasteiger partial charge in [-0.25, -0.2) is 4.98 Å². The van der Waals surface area contributed by atoms with E-state index in [0.29, 0.717) is 5.75 Å². The summed E-state index contributed by atoms with van der Waals surface area (Å²) in [6, 6.07) is 11.9. The molecule has 0 aliphatic carbocycles. The number of aromatic nitrogens is 1. The van der Waals surface area contributed by atoms with Crippen molar-refractivity contribution in [2.24, 2.45) is 0 Å². The molecule has 1 saturated heterocycles. The highest BCUT2D eigenvalue weighted by Crippen LogP contribution is 2.34. The van der Waals surface area contributed by atoms with Gasteiger partial charge in [-0.05, 0) is 37.1 Å². The summed E-state index contributed by atoms with van der Waals surface area (Å²) >= 11 is 1.79. The molecule has 0 atom stereocenters. The molecule has 5 heteroatoms. The van der Waals surface area contributed by atoms with Crippen LogP contribution in [0, 0.1) is 13.8 Å². The highest BCUT2D eigenvalue weighted by atomic mass is 32.1. The Balaban J connectivity index is 1.55. The molecule has 3 aromatic rings. The molecule has 124 valence electrons. The van der Waals surface area contributed by atoms with Crippen LogP contribution in [0.5, 0.6) is 5.75 Å². The van der Waals surface area contributed by atoms with Crippen molar-refractivity contribution in [1.29, 1.82) is 0 Å². The lowest BCUT2D eigenvalue weighted by Crippen LogP contribution is -2.46. The first-order valence-corrected chi connectivity index (χ1v) is 9.10. The zero-order valence-corrected chi connectivity index (χ0v) is 14.8. The van der Waals surface area contributed by atoms with Crippen molar-refractivity contribution in [3.8, 4) is 5.75 Å². The molecule has 1 fully saturated rings. The van der Waals surface area contributed by atoms with Gasteiger partial charge in [0.1, 0.15) is 5.75 Å². The first-order chi connectivity index (χ1) is 11.6. The van der Waals surface area contributed by atoms with Crippen molar-refractivity contribution in [2.75, 3.05) is 36.0 Å². The van der Waals surface area contributed by atoms with Crippen LogP contribution in [0.2, 0.25) is 0 Å². The van der Waals surface area contributed by atoms with Gasteiger partial charge in [-0.3, -0.25) is 0 Å². The summed E-state index contributed by atoms with van der Waals surface area (Å²) in [5, 5.41) is 11.1. The van der Waals surface area contributed by atoms with Gasteiger partial charge in [-0.15, -0.1) is 0 Å². The highest BCUT2D eigenvalue weighted by Gasteiger charge is 2.22. The van der Waals surface area contributed by atoms with Crippen LogP contribution in [0.1, 0.15) is 11.1 Å². The van der Waals surface area contributed by atoms with Gasteiger partial charge in [0.15, 0.2) is 5.13 Å². The third-order valence-corrected chi connectivity index (χ3v) is 5.96. The molecule has 0 amide bonds. The number of fused-ring (bicyclic) bond motifs is 1. The summed E-state index contributed by atoms with van der Waals surface area (Å²) in [6.07, 6.45) is 0. The number of anilines is 2. The largest absolute Gasteiger partial charge is 0.506 e. The Labute approximate surface area is 146 Å². The van der Waals surface area contributed by atoms with Crippen molar-refractivity contribution in [1.82, 2.24) is 4.98 Å². The normalized spacial score (nSPS) is 15.2. The number of phenolic OH excluding ortho intramolecular Hbond substituents is 1. The molecule has 1 aliphatic heterocycles.